The number of hydrogen-bond acceptors (Lipinski definition) is 4. The van der Waals surface area contributed by atoms with Gasteiger partial charge in [0.15, 0.2) is 0 Å². The molecular weight excluding hydrogens is 210 g/mol. The number of amidine groups is 1. The lowest BCUT2D eigenvalue weighted by Crippen LogP contribution is -2.35. The first-order valence-electron chi connectivity index (χ1n) is 5.40. The van der Waals surface area contributed by atoms with Crippen molar-refractivity contribution < 1.29 is 5.21 Å². The Morgan fingerprint density at radius 2 is 2.13 bits per heavy atom. The van der Waals surface area contributed by atoms with Crippen molar-refractivity contribution in [2.45, 2.75) is 33.2 Å². The molecule has 0 saturated heterocycles. The van der Waals surface area contributed by atoms with Crippen molar-refractivity contribution in [1.29, 1.82) is 0 Å². The zero-order valence-electron chi connectivity index (χ0n) is 9.94. The summed E-state index contributed by atoms with van der Waals surface area (Å²) < 4.78 is 0. The van der Waals surface area contributed by atoms with E-state index in [-0.39, 0.29) is 0 Å². The van der Waals surface area contributed by atoms with Gasteiger partial charge in [0.05, 0.1) is 0 Å². The standard InChI is InChI=1S/C10H23N3OS/c1-4-15-8-7-13(9(2)3)6-5-10(11)12-14/h9,14H,4-8H2,1-3H3,(H2,11,12). The first-order valence-corrected chi connectivity index (χ1v) is 6.55. The van der Waals surface area contributed by atoms with Gasteiger partial charge in [-0.05, 0) is 19.6 Å². The molecule has 0 amide bonds. The Hall–Kier alpha value is -0.420. The second kappa shape index (κ2) is 8.85. The molecule has 0 heterocycles. The molecule has 0 aliphatic carbocycles. The van der Waals surface area contributed by atoms with Crippen molar-refractivity contribution >= 4 is 17.6 Å². The molecule has 90 valence electrons. The smallest absolute Gasteiger partial charge is 0.140 e. The van der Waals surface area contributed by atoms with E-state index in [0.29, 0.717) is 18.3 Å². The van der Waals surface area contributed by atoms with Crippen molar-refractivity contribution in [2.75, 3.05) is 24.6 Å². The molecular formula is C10H23N3OS. The third-order valence-electron chi connectivity index (χ3n) is 2.24. The zero-order valence-corrected chi connectivity index (χ0v) is 10.8. The maximum absolute atomic E-state index is 8.44. The molecule has 0 radical (unpaired) electrons. The van der Waals surface area contributed by atoms with Gasteiger partial charge in [0.25, 0.3) is 0 Å². The monoisotopic (exact) mass is 233 g/mol. The van der Waals surface area contributed by atoms with E-state index in [9.17, 15) is 0 Å². The molecule has 0 aromatic rings. The minimum absolute atomic E-state index is 0.309. The third kappa shape index (κ3) is 7.50. The van der Waals surface area contributed by atoms with Crippen LogP contribution in [0.25, 0.3) is 0 Å². The Kier molecular flexibility index (Phi) is 8.61. The van der Waals surface area contributed by atoms with Gasteiger partial charge < -0.3 is 10.9 Å². The van der Waals surface area contributed by atoms with Gasteiger partial charge in [0.2, 0.25) is 0 Å². The van der Waals surface area contributed by atoms with Gasteiger partial charge >= 0.3 is 0 Å². The van der Waals surface area contributed by atoms with Gasteiger partial charge in [0.1, 0.15) is 5.84 Å². The van der Waals surface area contributed by atoms with E-state index in [1.165, 1.54) is 0 Å². The van der Waals surface area contributed by atoms with E-state index in [1.807, 2.05) is 11.8 Å². The van der Waals surface area contributed by atoms with Crippen LogP contribution in [0.3, 0.4) is 0 Å². The first kappa shape index (κ1) is 14.6. The van der Waals surface area contributed by atoms with Gasteiger partial charge in [-0.25, -0.2) is 0 Å². The summed E-state index contributed by atoms with van der Waals surface area (Å²) in [6.07, 6.45) is 0.630. The molecule has 0 saturated carbocycles. The molecule has 15 heavy (non-hydrogen) atoms. The largest absolute Gasteiger partial charge is 0.409 e. The molecule has 0 fully saturated rings. The highest BCUT2D eigenvalue weighted by Gasteiger charge is 2.09. The van der Waals surface area contributed by atoms with E-state index in [4.69, 9.17) is 10.9 Å². The highest BCUT2D eigenvalue weighted by Crippen LogP contribution is 2.04. The second-order valence-corrected chi connectivity index (χ2v) is 5.06. The average molecular weight is 233 g/mol. The van der Waals surface area contributed by atoms with Gasteiger partial charge in [-0.3, -0.25) is 4.90 Å². The van der Waals surface area contributed by atoms with Crippen LogP contribution in [0.5, 0.6) is 0 Å². The number of rotatable bonds is 8. The number of oxime groups is 1. The molecule has 4 nitrogen and oxygen atoms in total. The third-order valence-corrected chi connectivity index (χ3v) is 3.12. The predicted octanol–water partition coefficient (Wildman–Crippen LogP) is 1.59. The highest BCUT2D eigenvalue weighted by molar-refractivity contribution is 7.99. The summed E-state index contributed by atoms with van der Waals surface area (Å²) in [6, 6.07) is 0.508. The SMILES string of the molecule is CCSCCN(CCC(N)=NO)C(C)C. The molecule has 3 N–H and O–H groups in total. The van der Waals surface area contributed by atoms with Crippen molar-refractivity contribution in [3.05, 3.63) is 0 Å². The molecule has 0 aromatic heterocycles. The summed E-state index contributed by atoms with van der Waals surface area (Å²) in [4.78, 5) is 2.35. The van der Waals surface area contributed by atoms with Crippen LogP contribution in [0.15, 0.2) is 5.16 Å². The molecule has 0 unspecified atom stereocenters. The Bertz CT molecular complexity index is 186. The summed E-state index contributed by atoms with van der Waals surface area (Å²) in [6.45, 7) is 8.43. The fourth-order valence-electron chi connectivity index (χ4n) is 1.26. The Balaban J connectivity index is 3.83. The van der Waals surface area contributed by atoms with Crippen LogP contribution < -0.4 is 5.73 Å². The molecule has 0 spiro atoms. The predicted molar refractivity (Wildman–Crippen MR) is 67.7 cm³/mol. The van der Waals surface area contributed by atoms with Crippen molar-refractivity contribution in [3.8, 4) is 0 Å². The van der Waals surface area contributed by atoms with Crippen LogP contribution in [0.1, 0.15) is 27.2 Å². The van der Waals surface area contributed by atoms with Gasteiger partial charge in [0, 0.05) is 31.3 Å². The topological polar surface area (TPSA) is 61.8 Å². The minimum atomic E-state index is 0.309. The van der Waals surface area contributed by atoms with Gasteiger partial charge in [-0.1, -0.05) is 12.1 Å². The molecule has 0 bridgehead atoms. The molecule has 0 aliphatic rings. The van der Waals surface area contributed by atoms with Gasteiger partial charge in [-0.2, -0.15) is 11.8 Å². The maximum Gasteiger partial charge on any atom is 0.140 e. The van der Waals surface area contributed by atoms with Gasteiger partial charge in [-0.15, -0.1) is 0 Å². The first-order chi connectivity index (χ1) is 7.11. The molecule has 0 rings (SSSR count). The zero-order chi connectivity index (χ0) is 11.7. The number of hydrogen-bond donors (Lipinski definition) is 2. The fourth-order valence-corrected chi connectivity index (χ4v) is 1.91. The van der Waals surface area contributed by atoms with E-state index in [2.05, 4.69) is 30.8 Å². The summed E-state index contributed by atoms with van der Waals surface area (Å²) in [5.41, 5.74) is 5.44. The lowest BCUT2D eigenvalue weighted by atomic mass is 10.3. The van der Waals surface area contributed by atoms with E-state index in [1.54, 1.807) is 0 Å². The second-order valence-electron chi connectivity index (χ2n) is 3.67. The van der Waals surface area contributed by atoms with Crippen LogP contribution in [-0.4, -0.2) is 46.6 Å². The summed E-state index contributed by atoms with van der Waals surface area (Å²) >= 11 is 1.94. The van der Waals surface area contributed by atoms with Crippen molar-refractivity contribution in [2.24, 2.45) is 10.9 Å². The number of nitrogens with zero attached hydrogens (tertiary/aromatic N) is 2. The molecule has 0 aliphatic heterocycles. The maximum atomic E-state index is 8.44. The van der Waals surface area contributed by atoms with Crippen LogP contribution in [0.4, 0.5) is 0 Å². The number of nitrogens with two attached hydrogens (primary N) is 1. The summed E-state index contributed by atoms with van der Waals surface area (Å²) in [7, 11) is 0. The normalized spacial score (nSPS) is 12.7. The molecule has 0 aromatic carbocycles. The lowest BCUT2D eigenvalue weighted by Gasteiger charge is -2.25. The quantitative estimate of drug-likeness (QED) is 0.220. The van der Waals surface area contributed by atoms with E-state index in [0.717, 1.165) is 24.6 Å². The average Bonchev–Trinajstić information content (AvgIpc) is 2.22. The van der Waals surface area contributed by atoms with Crippen molar-refractivity contribution in [1.82, 2.24) is 4.90 Å². The summed E-state index contributed by atoms with van der Waals surface area (Å²) in [5, 5.41) is 11.4. The fraction of sp³-hybridized carbons (Fsp3) is 0.900. The van der Waals surface area contributed by atoms with Crippen LogP contribution in [0, 0.1) is 0 Å². The summed E-state index contributed by atoms with van der Waals surface area (Å²) in [5.74, 6) is 2.61. The minimum Gasteiger partial charge on any atom is -0.409 e. The van der Waals surface area contributed by atoms with Crippen molar-refractivity contribution in [3.63, 3.8) is 0 Å². The van der Waals surface area contributed by atoms with Crippen LogP contribution >= 0.6 is 11.8 Å². The Labute approximate surface area is 96.9 Å². The number of thioether (sulfide) groups is 1. The highest BCUT2D eigenvalue weighted by atomic mass is 32.2. The molecule has 0 atom stereocenters. The van der Waals surface area contributed by atoms with Crippen LogP contribution in [0.2, 0.25) is 0 Å². The van der Waals surface area contributed by atoms with E-state index >= 15 is 0 Å². The Morgan fingerprint density at radius 3 is 2.60 bits per heavy atom. The van der Waals surface area contributed by atoms with Crippen LogP contribution in [-0.2, 0) is 0 Å². The lowest BCUT2D eigenvalue weighted by molar-refractivity contribution is 0.240. The van der Waals surface area contributed by atoms with E-state index < -0.39 is 0 Å². The molecule has 5 heteroatoms. The Morgan fingerprint density at radius 1 is 1.47 bits per heavy atom.